The monoisotopic (exact) mass is 411 g/mol. The van der Waals surface area contributed by atoms with Gasteiger partial charge in [-0.25, -0.2) is 18.1 Å². The van der Waals surface area contributed by atoms with Gasteiger partial charge in [-0.1, -0.05) is 48.0 Å². The van der Waals surface area contributed by atoms with Crippen molar-refractivity contribution >= 4 is 27.5 Å². The fourth-order valence-electron chi connectivity index (χ4n) is 2.72. The molecule has 3 aromatic rings. The molecule has 0 saturated carbocycles. The maximum Gasteiger partial charge on any atom is 0.224 e. The molecule has 29 heavy (non-hydrogen) atoms. The standard InChI is InChI=1S/C21H25N5O2S/c1-16-8-10-19(11-9-16)25-20-14-17(2)24-21(26-20)22-12-13-23-29(27,28)15-18-6-4-3-5-7-18/h3-11,14,23H,12-13,15H2,1-2H3,(H2,22,24,25,26). The lowest BCUT2D eigenvalue weighted by molar-refractivity contribution is 0.582. The molecule has 2 aromatic carbocycles. The fraction of sp³-hybridized carbons (Fsp3) is 0.238. The van der Waals surface area contributed by atoms with Gasteiger partial charge >= 0.3 is 0 Å². The van der Waals surface area contributed by atoms with E-state index < -0.39 is 10.0 Å². The van der Waals surface area contributed by atoms with Crippen molar-refractivity contribution < 1.29 is 8.42 Å². The quantitative estimate of drug-likeness (QED) is 0.467. The predicted molar refractivity (Wildman–Crippen MR) is 117 cm³/mol. The SMILES string of the molecule is Cc1ccc(Nc2cc(C)nc(NCCNS(=O)(=O)Cc3ccccc3)n2)cc1. The lowest BCUT2D eigenvalue weighted by Gasteiger charge is -2.11. The van der Waals surface area contributed by atoms with Crippen LogP contribution in [0.3, 0.4) is 0 Å². The van der Waals surface area contributed by atoms with Gasteiger partial charge in [0.05, 0.1) is 5.75 Å². The first-order chi connectivity index (χ1) is 13.9. The molecule has 0 atom stereocenters. The van der Waals surface area contributed by atoms with E-state index in [1.807, 2.05) is 62.4 Å². The first-order valence-corrected chi connectivity index (χ1v) is 11.0. The Hall–Kier alpha value is -2.97. The normalized spacial score (nSPS) is 11.2. The van der Waals surface area contributed by atoms with E-state index in [1.54, 1.807) is 12.1 Å². The first-order valence-electron chi connectivity index (χ1n) is 9.34. The molecule has 0 unspecified atom stereocenters. The molecular weight excluding hydrogens is 386 g/mol. The number of aromatic nitrogens is 2. The van der Waals surface area contributed by atoms with Crippen LogP contribution in [0.2, 0.25) is 0 Å². The number of hydrogen-bond donors (Lipinski definition) is 3. The van der Waals surface area contributed by atoms with Crippen molar-refractivity contribution in [2.45, 2.75) is 19.6 Å². The summed E-state index contributed by atoms with van der Waals surface area (Å²) in [7, 11) is -3.39. The summed E-state index contributed by atoms with van der Waals surface area (Å²) < 4.78 is 26.9. The molecule has 0 aliphatic carbocycles. The minimum absolute atomic E-state index is 0.0423. The van der Waals surface area contributed by atoms with E-state index in [-0.39, 0.29) is 12.3 Å². The minimum Gasteiger partial charge on any atom is -0.353 e. The third-order valence-electron chi connectivity index (χ3n) is 4.11. The van der Waals surface area contributed by atoms with Gasteiger partial charge in [0.25, 0.3) is 0 Å². The van der Waals surface area contributed by atoms with Crippen molar-refractivity contribution in [1.29, 1.82) is 0 Å². The summed E-state index contributed by atoms with van der Waals surface area (Å²) in [5.74, 6) is 1.08. The molecule has 0 amide bonds. The number of hydrogen-bond acceptors (Lipinski definition) is 6. The number of benzene rings is 2. The van der Waals surface area contributed by atoms with Gasteiger partial charge in [0.1, 0.15) is 5.82 Å². The summed E-state index contributed by atoms with van der Waals surface area (Å²) in [4.78, 5) is 8.79. The van der Waals surface area contributed by atoms with Crippen molar-refractivity contribution in [3.05, 3.63) is 77.5 Å². The molecule has 3 rings (SSSR count). The van der Waals surface area contributed by atoms with Crippen molar-refractivity contribution in [2.24, 2.45) is 0 Å². The Labute approximate surface area is 171 Å². The van der Waals surface area contributed by atoms with Crippen LogP contribution < -0.4 is 15.4 Å². The molecule has 0 fully saturated rings. The van der Waals surface area contributed by atoms with Crippen LogP contribution >= 0.6 is 0 Å². The van der Waals surface area contributed by atoms with E-state index in [1.165, 1.54) is 5.56 Å². The highest BCUT2D eigenvalue weighted by molar-refractivity contribution is 7.88. The molecule has 0 radical (unpaired) electrons. The number of nitrogens with one attached hydrogen (secondary N) is 3. The van der Waals surface area contributed by atoms with Crippen LogP contribution in [0.25, 0.3) is 0 Å². The smallest absolute Gasteiger partial charge is 0.224 e. The van der Waals surface area contributed by atoms with Crippen LogP contribution in [0.4, 0.5) is 17.5 Å². The molecule has 1 heterocycles. The molecule has 0 bridgehead atoms. The maximum absolute atomic E-state index is 12.2. The molecule has 3 N–H and O–H groups in total. The Morgan fingerprint density at radius 3 is 2.34 bits per heavy atom. The Bertz CT molecular complexity index is 1040. The summed E-state index contributed by atoms with van der Waals surface area (Å²) in [6.45, 7) is 4.54. The maximum atomic E-state index is 12.2. The van der Waals surface area contributed by atoms with Gasteiger partial charge in [-0.05, 0) is 31.5 Å². The van der Waals surface area contributed by atoms with Crippen LogP contribution in [0.1, 0.15) is 16.8 Å². The molecule has 8 heteroatoms. The average molecular weight is 412 g/mol. The molecule has 0 aliphatic rings. The predicted octanol–water partition coefficient (Wildman–Crippen LogP) is 3.37. The highest BCUT2D eigenvalue weighted by atomic mass is 32.2. The van der Waals surface area contributed by atoms with E-state index in [9.17, 15) is 8.42 Å². The topological polar surface area (TPSA) is 96.0 Å². The van der Waals surface area contributed by atoms with Crippen LogP contribution in [0, 0.1) is 13.8 Å². The van der Waals surface area contributed by atoms with Crippen molar-refractivity contribution in [1.82, 2.24) is 14.7 Å². The summed E-state index contributed by atoms with van der Waals surface area (Å²) in [5.41, 5.74) is 3.68. The average Bonchev–Trinajstić information content (AvgIpc) is 2.67. The van der Waals surface area contributed by atoms with Crippen molar-refractivity contribution in [3.63, 3.8) is 0 Å². The van der Waals surface area contributed by atoms with Crippen LogP contribution in [0.5, 0.6) is 0 Å². The number of anilines is 3. The van der Waals surface area contributed by atoms with Gasteiger partial charge in [-0.15, -0.1) is 0 Å². The Morgan fingerprint density at radius 2 is 1.62 bits per heavy atom. The second-order valence-corrected chi connectivity index (χ2v) is 8.58. The summed E-state index contributed by atoms with van der Waals surface area (Å²) in [5, 5.41) is 6.32. The van der Waals surface area contributed by atoms with Gasteiger partial charge in [0.15, 0.2) is 0 Å². The first kappa shape index (κ1) is 20.8. The van der Waals surface area contributed by atoms with E-state index in [0.717, 1.165) is 16.9 Å². The Balaban J connectivity index is 1.52. The van der Waals surface area contributed by atoms with Gasteiger partial charge in [-0.3, -0.25) is 0 Å². The highest BCUT2D eigenvalue weighted by Gasteiger charge is 2.10. The summed E-state index contributed by atoms with van der Waals surface area (Å²) >= 11 is 0. The zero-order valence-electron chi connectivity index (χ0n) is 16.5. The molecular formula is C21H25N5O2S. The third-order valence-corrected chi connectivity index (χ3v) is 5.47. The third kappa shape index (κ3) is 6.85. The number of rotatable bonds is 9. The minimum atomic E-state index is -3.39. The molecule has 7 nitrogen and oxygen atoms in total. The Morgan fingerprint density at radius 1 is 0.897 bits per heavy atom. The van der Waals surface area contributed by atoms with Gasteiger partial charge in [0, 0.05) is 30.5 Å². The lowest BCUT2D eigenvalue weighted by Crippen LogP contribution is -2.30. The largest absolute Gasteiger partial charge is 0.353 e. The molecule has 152 valence electrons. The van der Waals surface area contributed by atoms with Gasteiger partial charge in [-0.2, -0.15) is 4.98 Å². The zero-order chi connectivity index (χ0) is 20.7. The lowest BCUT2D eigenvalue weighted by atomic mass is 10.2. The molecule has 0 saturated heterocycles. The molecule has 0 spiro atoms. The summed E-state index contributed by atoms with van der Waals surface area (Å²) in [6.07, 6.45) is 0. The molecule has 0 aliphatic heterocycles. The van der Waals surface area contributed by atoms with Crippen LogP contribution in [-0.4, -0.2) is 31.5 Å². The number of sulfonamides is 1. The van der Waals surface area contributed by atoms with Gasteiger partial charge < -0.3 is 10.6 Å². The van der Waals surface area contributed by atoms with Crippen LogP contribution in [-0.2, 0) is 15.8 Å². The fourth-order valence-corrected chi connectivity index (χ4v) is 3.87. The molecule has 1 aromatic heterocycles. The van der Waals surface area contributed by atoms with E-state index >= 15 is 0 Å². The summed E-state index contributed by atoms with van der Waals surface area (Å²) in [6, 6.07) is 19.0. The zero-order valence-corrected chi connectivity index (χ0v) is 17.3. The van der Waals surface area contributed by atoms with Crippen molar-refractivity contribution in [3.8, 4) is 0 Å². The number of nitrogens with zero attached hydrogens (tertiary/aromatic N) is 2. The number of aryl methyl sites for hydroxylation is 2. The Kier molecular flexibility index (Phi) is 6.79. The van der Waals surface area contributed by atoms with Crippen LogP contribution in [0.15, 0.2) is 60.7 Å². The van der Waals surface area contributed by atoms with E-state index in [0.29, 0.717) is 18.3 Å². The van der Waals surface area contributed by atoms with Gasteiger partial charge in [0.2, 0.25) is 16.0 Å². The van der Waals surface area contributed by atoms with E-state index in [2.05, 4.69) is 25.3 Å². The second-order valence-electron chi connectivity index (χ2n) is 6.77. The van der Waals surface area contributed by atoms with E-state index in [4.69, 9.17) is 0 Å². The second kappa shape index (κ2) is 9.49. The van der Waals surface area contributed by atoms with Crippen molar-refractivity contribution in [2.75, 3.05) is 23.7 Å². The highest BCUT2D eigenvalue weighted by Crippen LogP contribution is 2.17.